The predicted octanol–water partition coefficient (Wildman–Crippen LogP) is 6.38. The van der Waals surface area contributed by atoms with Crippen molar-refractivity contribution < 1.29 is 28.6 Å². The number of nitrogens with zero attached hydrogens (tertiary/aromatic N) is 1. The van der Waals surface area contributed by atoms with Gasteiger partial charge >= 0.3 is 17.8 Å². The third-order valence-electron chi connectivity index (χ3n) is 6.01. The summed E-state index contributed by atoms with van der Waals surface area (Å²) in [5.41, 5.74) is 4.83. The Morgan fingerprint density at radius 2 is 1.75 bits per heavy atom. The molecule has 1 aromatic heterocycles. The lowest BCUT2D eigenvalue weighted by Gasteiger charge is -2.13. The van der Waals surface area contributed by atoms with Crippen LogP contribution in [0.4, 0.5) is 5.00 Å². The number of hydrogen-bond acceptors (Lipinski definition) is 8. The summed E-state index contributed by atoms with van der Waals surface area (Å²) in [6, 6.07) is 9.06. The Kier molecular flexibility index (Phi) is 10.4. The highest BCUT2D eigenvalue weighted by molar-refractivity contribution is 9.11. The fourth-order valence-electron chi connectivity index (χ4n) is 4.16. The van der Waals surface area contributed by atoms with Crippen molar-refractivity contribution in [1.82, 2.24) is 5.43 Å². The number of halogens is 3. The lowest BCUT2D eigenvalue weighted by molar-refractivity contribution is -0.136. The van der Waals surface area contributed by atoms with Crippen LogP contribution in [-0.4, -0.2) is 38.2 Å². The van der Waals surface area contributed by atoms with Crippen LogP contribution in [0.25, 0.3) is 0 Å². The lowest BCUT2D eigenvalue weighted by atomic mass is 9.95. The molecule has 210 valence electrons. The molecule has 2 amide bonds. The molecule has 2 aromatic carbocycles. The van der Waals surface area contributed by atoms with Crippen molar-refractivity contribution in [1.29, 1.82) is 0 Å². The van der Waals surface area contributed by atoms with E-state index in [4.69, 9.17) is 14.2 Å². The van der Waals surface area contributed by atoms with E-state index in [1.165, 1.54) is 24.7 Å². The van der Waals surface area contributed by atoms with Crippen LogP contribution in [0, 0.1) is 0 Å². The van der Waals surface area contributed by atoms with Gasteiger partial charge in [-0.15, -0.1) is 11.3 Å². The van der Waals surface area contributed by atoms with Gasteiger partial charge in [0.1, 0.15) is 23.1 Å². The van der Waals surface area contributed by atoms with Crippen LogP contribution >= 0.6 is 59.1 Å². The predicted molar refractivity (Wildman–Crippen MR) is 164 cm³/mol. The first-order valence-electron chi connectivity index (χ1n) is 12.0. The molecule has 0 unspecified atom stereocenters. The first-order valence-corrected chi connectivity index (χ1v) is 15.2. The Morgan fingerprint density at radius 1 is 1.02 bits per heavy atom. The monoisotopic (exact) mass is 755 g/mol. The average Bonchev–Trinajstić information content (AvgIpc) is 3.29. The summed E-state index contributed by atoms with van der Waals surface area (Å²) in [6.07, 6.45) is 4.92. The highest BCUT2D eigenvalue weighted by Crippen LogP contribution is 2.39. The van der Waals surface area contributed by atoms with Crippen molar-refractivity contribution in [2.45, 2.75) is 32.3 Å². The number of amides is 2. The molecule has 1 aliphatic rings. The molecule has 9 nitrogen and oxygen atoms in total. The van der Waals surface area contributed by atoms with Crippen LogP contribution < -0.4 is 20.2 Å². The molecule has 40 heavy (non-hydrogen) atoms. The van der Waals surface area contributed by atoms with Gasteiger partial charge < -0.3 is 19.5 Å². The first-order chi connectivity index (χ1) is 19.2. The summed E-state index contributed by atoms with van der Waals surface area (Å²) in [6.45, 7) is 0.200. The zero-order chi connectivity index (χ0) is 28.8. The van der Waals surface area contributed by atoms with Gasteiger partial charge in [0.2, 0.25) is 0 Å². The molecule has 0 radical (unpaired) electrons. The maximum absolute atomic E-state index is 12.6. The fourth-order valence-corrected chi connectivity index (χ4v) is 7.92. The number of hydrogen-bond donors (Lipinski definition) is 2. The summed E-state index contributed by atoms with van der Waals surface area (Å²) in [5, 5.41) is 6.78. The number of thiophene rings is 1. The molecule has 3 aromatic rings. The van der Waals surface area contributed by atoms with Crippen LogP contribution in [0.15, 0.2) is 48.9 Å². The number of aryl methyl sites for hydroxylation is 1. The van der Waals surface area contributed by atoms with E-state index in [1.807, 2.05) is 12.1 Å². The van der Waals surface area contributed by atoms with E-state index in [0.717, 1.165) is 55.1 Å². The highest BCUT2D eigenvalue weighted by atomic mass is 79.9. The molecule has 2 N–H and O–H groups in total. The smallest absolute Gasteiger partial charge is 0.341 e. The minimum atomic E-state index is -0.972. The number of anilines is 1. The lowest BCUT2D eigenvalue weighted by Crippen LogP contribution is -2.32. The summed E-state index contributed by atoms with van der Waals surface area (Å²) >= 11 is 11.7. The number of carbonyl (C=O) groups excluding carboxylic acids is 3. The minimum absolute atomic E-state index is 0.200. The van der Waals surface area contributed by atoms with Crippen molar-refractivity contribution in [3.8, 4) is 11.5 Å². The average molecular weight is 758 g/mol. The zero-order valence-corrected chi connectivity index (χ0v) is 27.0. The summed E-state index contributed by atoms with van der Waals surface area (Å²) in [5.74, 6) is -1.20. The van der Waals surface area contributed by atoms with E-state index in [9.17, 15) is 14.4 Å². The fraction of sp³-hybridized carbons (Fsp3) is 0.259. The third kappa shape index (κ3) is 7.12. The topological polar surface area (TPSA) is 115 Å². The standard InChI is InChI=1S/C27H24Br3N3O6S/c1-37-20-8-7-14(9-15(20)13-39-23-18(29)10-16(28)11-19(23)30)12-31-33-25(35)24(34)32-26-22(27(36)38-2)17-5-3-4-6-21(17)40-26/h7-12H,3-6,13H2,1-2H3,(H,32,34)(H,33,35)/b31-12+. The molecule has 0 aliphatic heterocycles. The van der Waals surface area contributed by atoms with Crippen molar-refractivity contribution >= 4 is 88.1 Å². The Balaban J connectivity index is 1.41. The quantitative estimate of drug-likeness (QED) is 0.119. The number of carbonyl (C=O) groups is 3. The van der Waals surface area contributed by atoms with Crippen LogP contribution in [0.1, 0.15) is 44.8 Å². The van der Waals surface area contributed by atoms with Crippen molar-refractivity contribution in [2.24, 2.45) is 5.10 Å². The second kappa shape index (κ2) is 13.7. The summed E-state index contributed by atoms with van der Waals surface area (Å²) < 4.78 is 18.8. The second-order valence-electron chi connectivity index (χ2n) is 8.62. The van der Waals surface area contributed by atoms with Crippen LogP contribution in [0.3, 0.4) is 0 Å². The number of ether oxygens (including phenoxy) is 3. The van der Waals surface area contributed by atoms with E-state index >= 15 is 0 Å². The number of rotatable bonds is 8. The largest absolute Gasteiger partial charge is 0.496 e. The highest BCUT2D eigenvalue weighted by Gasteiger charge is 2.28. The molecule has 0 saturated heterocycles. The van der Waals surface area contributed by atoms with Gasteiger partial charge in [0.25, 0.3) is 0 Å². The van der Waals surface area contributed by atoms with Gasteiger partial charge in [-0.1, -0.05) is 15.9 Å². The SMILES string of the molecule is COC(=O)c1c(NC(=O)C(=O)N/N=C/c2ccc(OC)c(COc3c(Br)cc(Br)cc3Br)c2)sc2c1CCCC2. The maximum atomic E-state index is 12.6. The molecule has 1 heterocycles. The number of esters is 1. The Bertz CT molecular complexity index is 1470. The number of hydrazone groups is 1. The Labute approximate surface area is 260 Å². The van der Waals surface area contributed by atoms with E-state index < -0.39 is 17.8 Å². The van der Waals surface area contributed by atoms with Crippen molar-refractivity contribution in [3.05, 3.63) is 70.9 Å². The Hall–Kier alpha value is -2.74. The van der Waals surface area contributed by atoms with Crippen LogP contribution in [-0.2, 0) is 33.8 Å². The van der Waals surface area contributed by atoms with Crippen LogP contribution in [0.2, 0.25) is 0 Å². The number of methoxy groups -OCH3 is 2. The van der Waals surface area contributed by atoms with Gasteiger partial charge in [-0.3, -0.25) is 9.59 Å². The van der Waals surface area contributed by atoms with Gasteiger partial charge in [0, 0.05) is 14.9 Å². The minimum Gasteiger partial charge on any atom is -0.496 e. The van der Waals surface area contributed by atoms with Gasteiger partial charge in [-0.05, 0) is 99.0 Å². The van der Waals surface area contributed by atoms with E-state index in [1.54, 1.807) is 25.3 Å². The molecule has 0 bridgehead atoms. The first kappa shape index (κ1) is 30.2. The summed E-state index contributed by atoms with van der Waals surface area (Å²) in [4.78, 5) is 38.4. The van der Waals surface area contributed by atoms with E-state index in [2.05, 4.69) is 63.6 Å². The number of fused-ring (bicyclic) bond motifs is 1. The maximum Gasteiger partial charge on any atom is 0.341 e. The molecular formula is C27H24Br3N3O6S. The normalized spacial score (nSPS) is 12.5. The molecule has 0 fully saturated rings. The number of nitrogens with one attached hydrogen (secondary N) is 2. The van der Waals surface area contributed by atoms with Crippen molar-refractivity contribution in [3.63, 3.8) is 0 Å². The second-order valence-corrected chi connectivity index (χ2v) is 12.3. The molecule has 13 heteroatoms. The molecular weight excluding hydrogens is 734 g/mol. The molecule has 0 spiro atoms. The molecule has 0 atom stereocenters. The zero-order valence-electron chi connectivity index (χ0n) is 21.4. The Morgan fingerprint density at radius 3 is 2.45 bits per heavy atom. The molecule has 4 rings (SSSR count). The summed E-state index contributed by atoms with van der Waals surface area (Å²) in [7, 11) is 2.85. The molecule has 1 aliphatic carbocycles. The van der Waals surface area contributed by atoms with Gasteiger partial charge in [0.15, 0.2) is 0 Å². The van der Waals surface area contributed by atoms with Gasteiger partial charge in [-0.25, -0.2) is 10.2 Å². The van der Waals surface area contributed by atoms with Gasteiger partial charge in [0.05, 0.1) is 34.9 Å². The van der Waals surface area contributed by atoms with E-state index in [-0.39, 0.29) is 6.61 Å². The van der Waals surface area contributed by atoms with Crippen LogP contribution in [0.5, 0.6) is 11.5 Å². The third-order valence-corrected chi connectivity index (χ3v) is 8.86. The van der Waals surface area contributed by atoms with Crippen molar-refractivity contribution in [2.75, 3.05) is 19.5 Å². The van der Waals surface area contributed by atoms with E-state index in [0.29, 0.717) is 27.6 Å². The number of benzene rings is 2. The van der Waals surface area contributed by atoms with Gasteiger partial charge in [-0.2, -0.15) is 5.10 Å². The molecule has 0 saturated carbocycles.